The Balaban J connectivity index is 2.04. The fourth-order valence-electron chi connectivity index (χ4n) is 2.54. The highest BCUT2D eigenvalue weighted by Gasteiger charge is 2.33. The summed E-state index contributed by atoms with van der Waals surface area (Å²) >= 11 is 0. The number of nitrogens with zero attached hydrogens (tertiary/aromatic N) is 1. The molecule has 0 aliphatic heterocycles. The highest BCUT2D eigenvalue weighted by atomic mass is 16.6. The zero-order valence-electron chi connectivity index (χ0n) is 12.4. The number of rotatable bonds is 5. The Morgan fingerprint density at radius 1 is 1.38 bits per heavy atom. The first-order chi connectivity index (χ1) is 9.93. The molecule has 1 aromatic carbocycles. The van der Waals surface area contributed by atoms with Crippen molar-refractivity contribution >= 4 is 5.69 Å². The quantitative estimate of drug-likeness (QED) is 0.667. The average molecular weight is 295 g/mol. The fourth-order valence-corrected chi connectivity index (χ4v) is 2.54. The Bertz CT molecular complexity index is 509. The summed E-state index contributed by atoms with van der Waals surface area (Å²) in [6, 6.07) is 4.19. The predicted octanol–water partition coefficient (Wildman–Crippen LogP) is 2.92. The molecule has 1 N–H and O–H groups in total. The molecule has 0 saturated heterocycles. The van der Waals surface area contributed by atoms with Gasteiger partial charge in [0.1, 0.15) is 6.61 Å². The molecule has 0 unspecified atom stereocenters. The molecule has 1 fully saturated rings. The van der Waals surface area contributed by atoms with E-state index in [0.29, 0.717) is 30.3 Å². The second kappa shape index (κ2) is 6.30. The van der Waals surface area contributed by atoms with Crippen LogP contribution in [0.15, 0.2) is 18.2 Å². The molecule has 2 rings (SSSR count). The lowest BCUT2D eigenvalue weighted by Gasteiger charge is -2.34. The maximum atomic E-state index is 10.7. The van der Waals surface area contributed by atoms with E-state index >= 15 is 0 Å². The van der Waals surface area contributed by atoms with E-state index in [1.165, 1.54) is 25.3 Å². The Labute approximate surface area is 123 Å². The molecule has 6 nitrogen and oxygen atoms in total. The van der Waals surface area contributed by atoms with Crippen LogP contribution in [0.4, 0.5) is 5.69 Å². The number of hydrogen-bond acceptors (Lipinski definition) is 5. The van der Waals surface area contributed by atoms with Crippen molar-refractivity contribution in [2.45, 2.75) is 38.2 Å². The lowest BCUT2D eigenvalue weighted by molar-refractivity contribution is -0.385. The molecule has 0 bridgehead atoms. The summed E-state index contributed by atoms with van der Waals surface area (Å²) in [6.07, 6.45) is 3.39. The lowest BCUT2D eigenvalue weighted by atomic mass is 9.80. The van der Waals surface area contributed by atoms with Crippen LogP contribution in [0.2, 0.25) is 0 Å². The van der Waals surface area contributed by atoms with E-state index in [-0.39, 0.29) is 12.3 Å². The fraction of sp³-hybridized carbons (Fsp3) is 0.600. The molecule has 6 heteroatoms. The third-order valence-corrected chi connectivity index (χ3v) is 4.06. The van der Waals surface area contributed by atoms with Gasteiger partial charge in [0.15, 0.2) is 11.5 Å². The van der Waals surface area contributed by atoms with E-state index in [4.69, 9.17) is 9.47 Å². The molecule has 1 aliphatic rings. The maximum absolute atomic E-state index is 10.7. The first-order valence-corrected chi connectivity index (χ1v) is 7.11. The van der Waals surface area contributed by atoms with Crippen LogP contribution in [0.3, 0.4) is 0 Å². The third-order valence-electron chi connectivity index (χ3n) is 4.06. The second-order valence-electron chi connectivity index (χ2n) is 5.79. The minimum absolute atomic E-state index is 0.0515. The van der Waals surface area contributed by atoms with Crippen LogP contribution < -0.4 is 9.47 Å². The topological polar surface area (TPSA) is 81.8 Å². The van der Waals surface area contributed by atoms with Crippen LogP contribution in [0.1, 0.15) is 32.6 Å². The van der Waals surface area contributed by atoms with Gasteiger partial charge >= 0.3 is 0 Å². The molecule has 1 aromatic rings. The second-order valence-corrected chi connectivity index (χ2v) is 5.79. The monoisotopic (exact) mass is 295 g/mol. The minimum Gasteiger partial charge on any atom is -0.493 e. The molecule has 1 saturated carbocycles. The van der Waals surface area contributed by atoms with Gasteiger partial charge in [-0.05, 0) is 37.7 Å². The smallest absolute Gasteiger partial charge is 0.273 e. The normalized spacial score (nSPS) is 25.4. The van der Waals surface area contributed by atoms with E-state index in [0.717, 1.165) is 12.8 Å². The van der Waals surface area contributed by atoms with Crippen LogP contribution in [0.25, 0.3) is 0 Å². The summed E-state index contributed by atoms with van der Waals surface area (Å²) in [6.45, 7) is 2.35. The molecular formula is C15H21NO5. The first kappa shape index (κ1) is 15.6. The number of benzene rings is 1. The molecule has 0 amide bonds. The van der Waals surface area contributed by atoms with Crippen LogP contribution >= 0.6 is 0 Å². The third kappa shape index (κ3) is 3.85. The summed E-state index contributed by atoms with van der Waals surface area (Å²) in [4.78, 5) is 10.3. The van der Waals surface area contributed by atoms with Crippen molar-refractivity contribution < 1.29 is 19.5 Å². The van der Waals surface area contributed by atoms with Crippen molar-refractivity contribution in [1.29, 1.82) is 0 Å². The number of ether oxygens (including phenoxy) is 2. The number of hydrogen-bond donors (Lipinski definition) is 1. The van der Waals surface area contributed by atoms with Gasteiger partial charge in [0.25, 0.3) is 5.69 Å². The molecular weight excluding hydrogens is 274 g/mol. The highest BCUT2D eigenvalue weighted by Crippen LogP contribution is 2.35. The average Bonchev–Trinajstić information content (AvgIpc) is 2.48. The van der Waals surface area contributed by atoms with Gasteiger partial charge in [-0.1, -0.05) is 6.92 Å². The molecule has 116 valence electrons. The van der Waals surface area contributed by atoms with Gasteiger partial charge in [0, 0.05) is 6.07 Å². The Morgan fingerprint density at radius 3 is 2.62 bits per heavy atom. The number of nitro benzene ring substituents is 1. The number of nitro groups is 1. The molecule has 0 radical (unpaired) electrons. The van der Waals surface area contributed by atoms with Gasteiger partial charge in [0.05, 0.1) is 23.7 Å². The number of non-ortho nitro benzene ring substituents is 1. The first-order valence-electron chi connectivity index (χ1n) is 7.11. The summed E-state index contributed by atoms with van der Waals surface area (Å²) in [7, 11) is 1.43. The van der Waals surface area contributed by atoms with Crippen LogP contribution in [0.5, 0.6) is 11.5 Å². The molecule has 0 atom stereocenters. The highest BCUT2D eigenvalue weighted by molar-refractivity contribution is 5.48. The largest absolute Gasteiger partial charge is 0.493 e. The van der Waals surface area contributed by atoms with E-state index in [1.807, 2.05) is 0 Å². The summed E-state index contributed by atoms with van der Waals surface area (Å²) in [5.41, 5.74) is -0.872. The van der Waals surface area contributed by atoms with Gasteiger partial charge < -0.3 is 14.6 Å². The van der Waals surface area contributed by atoms with Gasteiger partial charge in [-0.25, -0.2) is 0 Å². The summed E-state index contributed by atoms with van der Waals surface area (Å²) in [5, 5.41) is 21.2. The lowest BCUT2D eigenvalue weighted by Crippen LogP contribution is -2.39. The zero-order chi connectivity index (χ0) is 15.5. The van der Waals surface area contributed by atoms with Crippen molar-refractivity contribution in [3.05, 3.63) is 28.3 Å². The minimum atomic E-state index is -0.820. The van der Waals surface area contributed by atoms with Crippen molar-refractivity contribution in [2.75, 3.05) is 13.7 Å². The van der Waals surface area contributed by atoms with E-state index < -0.39 is 10.5 Å². The van der Waals surface area contributed by atoms with Crippen molar-refractivity contribution in [3.8, 4) is 11.5 Å². The Kier molecular flexibility index (Phi) is 4.67. The van der Waals surface area contributed by atoms with Gasteiger partial charge in [-0.3, -0.25) is 10.1 Å². The van der Waals surface area contributed by atoms with Gasteiger partial charge in [0.2, 0.25) is 0 Å². The van der Waals surface area contributed by atoms with Crippen LogP contribution in [-0.4, -0.2) is 29.3 Å². The standard InChI is InChI=1S/C15H21NO5/c1-11-5-7-15(17,8-6-11)10-21-13-4-3-12(16(18)19)9-14(13)20-2/h3-4,9,11,17H,5-8,10H2,1-2H3. The molecule has 0 aromatic heterocycles. The molecule has 0 spiro atoms. The van der Waals surface area contributed by atoms with Gasteiger partial charge in [-0.2, -0.15) is 0 Å². The number of methoxy groups -OCH3 is 1. The van der Waals surface area contributed by atoms with E-state index in [9.17, 15) is 15.2 Å². The van der Waals surface area contributed by atoms with E-state index in [2.05, 4.69) is 6.92 Å². The van der Waals surface area contributed by atoms with Crippen molar-refractivity contribution in [2.24, 2.45) is 5.92 Å². The molecule has 1 aliphatic carbocycles. The van der Waals surface area contributed by atoms with Gasteiger partial charge in [-0.15, -0.1) is 0 Å². The Hall–Kier alpha value is -1.82. The summed E-state index contributed by atoms with van der Waals surface area (Å²) in [5.74, 6) is 1.35. The van der Waals surface area contributed by atoms with Crippen molar-refractivity contribution in [3.63, 3.8) is 0 Å². The SMILES string of the molecule is COc1cc([N+](=O)[O-])ccc1OCC1(O)CCC(C)CC1. The molecule has 0 heterocycles. The van der Waals surface area contributed by atoms with Crippen molar-refractivity contribution in [1.82, 2.24) is 0 Å². The maximum Gasteiger partial charge on any atom is 0.273 e. The predicted molar refractivity (Wildman–Crippen MR) is 77.7 cm³/mol. The number of aliphatic hydroxyl groups is 1. The zero-order valence-corrected chi connectivity index (χ0v) is 12.4. The van der Waals surface area contributed by atoms with Crippen LogP contribution in [-0.2, 0) is 0 Å². The Morgan fingerprint density at radius 2 is 2.05 bits per heavy atom. The van der Waals surface area contributed by atoms with E-state index in [1.54, 1.807) is 0 Å². The van der Waals surface area contributed by atoms with Crippen LogP contribution in [0, 0.1) is 16.0 Å². The molecule has 21 heavy (non-hydrogen) atoms. The summed E-state index contributed by atoms with van der Waals surface area (Å²) < 4.78 is 10.8.